The Morgan fingerprint density at radius 2 is 1.85 bits per heavy atom. The van der Waals surface area contributed by atoms with Gasteiger partial charge >= 0.3 is 12.1 Å². The summed E-state index contributed by atoms with van der Waals surface area (Å²) in [5, 5.41) is 2.81. The Bertz CT molecular complexity index is 685. The number of carbonyl (C=O) groups excluding carboxylic acids is 3. The largest absolute Gasteiger partial charge is 0.467 e. The summed E-state index contributed by atoms with van der Waals surface area (Å²) in [5.41, 5.74) is -0.116. The Kier molecular flexibility index (Phi) is 5.98. The lowest BCUT2D eigenvalue weighted by Crippen LogP contribution is -2.60. The summed E-state index contributed by atoms with van der Waals surface area (Å²) in [6, 6.07) is 8.81. The third-order valence-corrected chi connectivity index (χ3v) is 5.41. The van der Waals surface area contributed by atoms with E-state index in [1.807, 2.05) is 30.3 Å². The maximum Gasteiger partial charge on any atom is 0.408 e. The van der Waals surface area contributed by atoms with Crippen molar-refractivity contribution in [1.82, 2.24) is 10.2 Å². The van der Waals surface area contributed by atoms with Crippen LogP contribution in [-0.4, -0.2) is 48.1 Å². The molecule has 2 aliphatic rings. The number of methoxy groups -OCH3 is 1. The van der Waals surface area contributed by atoms with Crippen molar-refractivity contribution in [3.63, 3.8) is 0 Å². The van der Waals surface area contributed by atoms with Crippen molar-refractivity contribution in [3.8, 4) is 0 Å². The third-order valence-electron chi connectivity index (χ3n) is 5.41. The molecule has 0 bridgehead atoms. The number of carbonyl (C=O) groups is 3. The summed E-state index contributed by atoms with van der Waals surface area (Å²) in [6.45, 7) is 0.645. The molecule has 7 heteroatoms. The minimum Gasteiger partial charge on any atom is -0.467 e. The molecule has 0 aromatic heterocycles. The van der Waals surface area contributed by atoms with Crippen molar-refractivity contribution >= 4 is 18.0 Å². The monoisotopic (exact) mass is 374 g/mol. The van der Waals surface area contributed by atoms with E-state index in [-0.39, 0.29) is 12.5 Å². The molecule has 0 radical (unpaired) electrons. The van der Waals surface area contributed by atoms with Crippen LogP contribution in [0.5, 0.6) is 0 Å². The first-order chi connectivity index (χ1) is 13.1. The predicted molar refractivity (Wildman–Crippen MR) is 97.7 cm³/mol. The van der Waals surface area contributed by atoms with Gasteiger partial charge in [0.25, 0.3) is 0 Å². The number of hydrogen-bond donors (Lipinski definition) is 1. The molecule has 3 rings (SSSR count). The first kappa shape index (κ1) is 19.2. The Morgan fingerprint density at radius 3 is 2.52 bits per heavy atom. The van der Waals surface area contributed by atoms with Gasteiger partial charge in [0.05, 0.1) is 7.11 Å². The summed E-state index contributed by atoms with van der Waals surface area (Å²) in [7, 11) is 1.33. The molecule has 1 saturated carbocycles. The van der Waals surface area contributed by atoms with Crippen LogP contribution in [0.3, 0.4) is 0 Å². The van der Waals surface area contributed by atoms with Gasteiger partial charge in [-0.15, -0.1) is 0 Å². The van der Waals surface area contributed by atoms with Crippen LogP contribution in [0.1, 0.15) is 44.1 Å². The number of likely N-dealkylation sites (tertiary alicyclic amines) is 1. The number of rotatable bonds is 5. The summed E-state index contributed by atoms with van der Waals surface area (Å²) in [4.78, 5) is 39.2. The maximum absolute atomic E-state index is 13.3. The highest BCUT2D eigenvalue weighted by Crippen LogP contribution is 2.34. The normalized spacial score (nSPS) is 20.9. The molecule has 1 unspecified atom stereocenters. The molecular formula is C20H26N2O5. The zero-order valence-corrected chi connectivity index (χ0v) is 15.6. The second-order valence-corrected chi connectivity index (χ2v) is 7.16. The second-order valence-electron chi connectivity index (χ2n) is 7.16. The van der Waals surface area contributed by atoms with E-state index in [4.69, 9.17) is 9.47 Å². The fourth-order valence-corrected chi connectivity index (χ4v) is 3.99. The number of nitrogens with zero attached hydrogens (tertiary/aromatic N) is 1. The fraction of sp³-hybridized carbons (Fsp3) is 0.550. The highest BCUT2D eigenvalue weighted by molar-refractivity contribution is 5.93. The summed E-state index contributed by atoms with van der Waals surface area (Å²) < 4.78 is 10.1. The SMILES string of the molecule is COC(=O)C1CCCN1C(=O)C1(NC(=O)OCc2ccccc2)CCCC1. The van der Waals surface area contributed by atoms with Crippen LogP contribution >= 0.6 is 0 Å². The number of nitrogens with one attached hydrogen (secondary N) is 1. The highest BCUT2D eigenvalue weighted by Gasteiger charge is 2.48. The molecule has 2 fully saturated rings. The van der Waals surface area contributed by atoms with Crippen LogP contribution in [0, 0.1) is 0 Å². The third kappa shape index (κ3) is 4.23. The number of amides is 2. The van der Waals surface area contributed by atoms with Crippen LogP contribution < -0.4 is 5.32 Å². The van der Waals surface area contributed by atoms with E-state index in [1.165, 1.54) is 7.11 Å². The molecular weight excluding hydrogens is 348 g/mol. The number of benzene rings is 1. The van der Waals surface area contributed by atoms with E-state index >= 15 is 0 Å². The number of ether oxygens (including phenoxy) is 2. The molecule has 1 N–H and O–H groups in total. The molecule has 1 saturated heterocycles. The molecule has 1 heterocycles. The van der Waals surface area contributed by atoms with Gasteiger partial charge in [0.2, 0.25) is 5.91 Å². The van der Waals surface area contributed by atoms with E-state index in [0.29, 0.717) is 25.8 Å². The van der Waals surface area contributed by atoms with E-state index in [9.17, 15) is 14.4 Å². The highest BCUT2D eigenvalue weighted by atomic mass is 16.5. The van der Waals surface area contributed by atoms with E-state index in [0.717, 1.165) is 24.8 Å². The molecule has 2 amide bonds. The Hall–Kier alpha value is -2.57. The van der Waals surface area contributed by atoms with Crippen LogP contribution in [0.2, 0.25) is 0 Å². The summed E-state index contributed by atoms with van der Waals surface area (Å²) >= 11 is 0. The first-order valence-electron chi connectivity index (χ1n) is 9.43. The number of hydrogen-bond acceptors (Lipinski definition) is 5. The molecule has 1 aromatic rings. The fourth-order valence-electron chi connectivity index (χ4n) is 3.99. The smallest absolute Gasteiger partial charge is 0.408 e. The van der Waals surface area contributed by atoms with Crippen molar-refractivity contribution in [2.24, 2.45) is 0 Å². The van der Waals surface area contributed by atoms with Crippen LogP contribution in [0.15, 0.2) is 30.3 Å². The number of esters is 1. The average molecular weight is 374 g/mol. The molecule has 1 atom stereocenters. The Balaban J connectivity index is 1.67. The lowest BCUT2D eigenvalue weighted by atomic mass is 9.95. The first-order valence-corrected chi connectivity index (χ1v) is 9.43. The Labute approximate surface area is 159 Å². The zero-order chi connectivity index (χ0) is 19.3. The van der Waals surface area contributed by atoms with E-state index in [2.05, 4.69) is 5.32 Å². The van der Waals surface area contributed by atoms with Crippen molar-refractivity contribution in [2.75, 3.05) is 13.7 Å². The van der Waals surface area contributed by atoms with Gasteiger partial charge in [-0.3, -0.25) is 4.79 Å². The molecule has 1 aliphatic carbocycles. The van der Waals surface area contributed by atoms with Crippen LogP contribution in [0.4, 0.5) is 4.79 Å². The van der Waals surface area contributed by atoms with Gasteiger partial charge in [-0.1, -0.05) is 43.2 Å². The van der Waals surface area contributed by atoms with Crippen molar-refractivity contribution < 1.29 is 23.9 Å². The van der Waals surface area contributed by atoms with Gasteiger partial charge in [0, 0.05) is 6.54 Å². The summed E-state index contributed by atoms with van der Waals surface area (Å²) in [5.74, 6) is -0.606. The lowest BCUT2D eigenvalue weighted by molar-refractivity contribution is -0.153. The topological polar surface area (TPSA) is 84.9 Å². The molecule has 27 heavy (non-hydrogen) atoms. The Morgan fingerprint density at radius 1 is 1.15 bits per heavy atom. The quantitative estimate of drug-likeness (QED) is 0.800. The van der Waals surface area contributed by atoms with Gasteiger partial charge in [-0.2, -0.15) is 0 Å². The van der Waals surface area contributed by atoms with Crippen molar-refractivity contribution in [3.05, 3.63) is 35.9 Å². The van der Waals surface area contributed by atoms with Gasteiger partial charge in [0.15, 0.2) is 0 Å². The molecule has 1 aliphatic heterocycles. The zero-order valence-electron chi connectivity index (χ0n) is 15.6. The predicted octanol–water partition coefficient (Wildman–Crippen LogP) is 2.39. The standard InChI is InChI=1S/C20H26N2O5/c1-26-17(23)16-10-7-13-22(16)18(24)20(11-5-6-12-20)21-19(25)27-14-15-8-3-2-4-9-15/h2-4,8-9,16H,5-7,10-14H2,1H3,(H,21,25). The molecule has 1 aromatic carbocycles. The van der Waals surface area contributed by atoms with Gasteiger partial charge in [-0.05, 0) is 31.2 Å². The minimum atomic E-state index is -0.996. The van der Waals surface area contributed by atoms with Gasteiger partial charge < -0.3 is 19.7 Å². The van der Waals surface area contributed by atoms with Crippen molar-refractivity contribution in [1.29, 1.82) is 0 Å². The summed E-state index contributed by atoms with van der Waals surface area (Å²) in [6.07, 6.45) is 3.53. The van der Waals surface area contributed by atoms with E-state index < -0.39 is 23.6 Å². The average Bonchev–Trinajstić information content (AvgIpc) is 3.36. The molecule has 7 nitrogen and oxygen atoms in total. The number of alkyl carbamates (subject to hydrolysis) is 1. The van der Waals surface area contributed by atoms with Gasteiger partial charge in [-0.25, -0.2) is 9.59 Å². The van der Waals surface area contributed by atoms with Crippen LogP contribution in [-0.2, 0) is 25.7 Å². The maximum atomic E-state index is 13.3. The van der Waals surface area contributed by atoms with Gasteiger partial charge in [0.1, 0.15) is 18.2 Å². The second kappa shape index (κ2) is 8.41. The van der Waals surface area contributed by atoms with Crippen LogP contribution in [0.25, 0.3) is 0 Å². The molecule has 146 valence electrons. The lowest BCUT2D eigenvalue weighted by Gasteiger charge is -2.34. The van der Waals surface area contributed by atoms with E-state index in [1.54, 1.807) is 4.90 Å². The van der Waals surface area contributed by atoms with Crippen molar-refractivity contribution in [2.45, 2.75) is 56.7 Å². The minimum absolute atomic E-state index is 0.144. The molecule has 0 spiro atoms.